The normalized spacial score (nSPS) is 13.9. The summed E-state index contributed by atoms with van der Waals surface area (Å²) in [4.78, 5) is 0. The zero-order valence-electron chi connectivity index (χ0n) is 9.51. The average Bonchev–Trinajstić information content (AvgIpc) is 1.99. The van der Waals surface area contributed by atoms with Crippen LogP contribution in [0.4, 0.5) is 0 Å². The number of amidine groups is 1. The van der Waals surface area contributed by atoms with E-state index in [1.54, 1.807) is 27.7 Å². The topological polar surface area (TPSA) is 94.1 Å². The highest BCUT2D eigenvalue weighted by atomic mass is 31.2. The molecular formula is C8H19N2O4P. The van der Waals surface area contributed by atoms with Crippen LogP contribution in [0.15, 0.2) is 5.16 Å². The zero-order chi connectivity index (χ0) is 12.1. The Hall–Kier alpha value is -0.580. The number of nitrogens with zero attached hydrogens (tertiary/aromatic N) is 1. The Morgan fingerprint density at radius 2 is 1.73 bits per heavy atom. The van der Waals surface area contributed by atoms with Crippen molar-refractivity contribution in [3.05, 3.63) is 0 Å². The van der Waals surface area contributed by atoms with Gasteiger partial charge in [-0.1, -0.05) is 5.16 Å². The molecule has 0 aromatic heterocycles. The fraction of sp³-hybridized carbons (Fsp3) is 0.875. The van der Waals surface area contributed by atoms with E-state index in [9.17, 15) is 4.57 Å². The summed E-state index contributed by atoms with van der Waals surface area (Å²) in [7, 11) is -3.32. The summed E-state index contributed by atoms with van der Waals surface area (Å²) < 4.78 is 22.5. The van der Waals surface area contributed by atoms with Gasteiger partial charge >= 0.3 is 7.60 Å². The minimum atomic E-state index is -3.32. The lowest BCUT2D eigenvalue weighted by Gasteiger charge is -2.22. The molecule has 0 aliphatic rings. The van der Waals surface area contributed by atoms with E-state index in [1.165, 1.54) is 0 Å². The standard InChI is InChI=1S/C8H19N2O4P/c1-6(2)13-15(12,14-7(3)4)5-8(9)10-11/h6-7,11H,5H2,1-4H3,(H2,9,10). The summed E-state index contributed by atoms with van der Waals surface area (Å²) in [6.45, 7) is 6.95. The first-order valence-corrected chi connectivity index (χ1v) is 6.44. The fourth-order valence-electron chi connectivity index (χ4n) is 0.972. The Morgan fingerprint density at radius 3 is 2.00 bits per heavy atom. The molecule has 0 radical (unpaired) electrons. The Bertz CT molecular complexity index is 251. The van der Waals surface area contributed by atoms with Crippen molar-refractivity contribution in [2.24, 2.45) is 10.9 Å². The monoisotopic (exact) mass is 238 g/mol. The largest absolute Gasteiger partial charge is 0.409 e. The van der Waals surface area contributed by atoms with Crippen LogP contribution in [-0.2, 0) is 13.6 Å². The van der Waals surface area contributed by atoms with Crippen molar-refractivity contribution in [3.63, 3.8) is 0 Å². The van der Waals surface area contributed by atoms with Crippen molar-refractivity contribution < 1.29 is 18.8 Å². The molecule has 0 spiro atoms. The molecule has 0 amide bonds. The maximum atomic E-state index is 12.1. The zero-order valence-corrected chi connectivity index (χ0v) is 10.4. The molecule has 0 fully saturated rings. The first-order chi connectivity index (χ1) is 6.79. The number of nitrogens with two attached hydrogens (primary N) is 1. The Balaban J connectivity index is 4.62. The van der Waals surface area contributed by atoms with Gasteiger partial charge in [0.25, 0.3) is 0 Å². The predicted octanol–water partition coefficient (Wildman–Crippen LogP) is 1.78. The van der Waals surface area contributed by atoms with Gasteiger partial charge in [0.05, 0.1) is 12.2 Å². The molecule has 0 atom stereocenters. The lowest BCUT2D eigenvalue weighted by Crippen LogP contribution is -2.21. The third-order valence-corrected chi connectivity index (χ3v) is 3.42. The molecule has 6 nitrogen and oxygen atoms in total. The van der Waals surface area contributed by atoms with Gasteiger partial charge in [-0.15, -0.1) is 0 Å². The summed E-state index contributed by atoms with van der Waals surface area (Å²) in [6.07, 6.45) is -0.706. The second-order valence-corrected chi connectivity index (χ2v) is 5.63. The van der Waals surface area contributed by atoms with Gasteiger partial charge in [0.1, 0.15) is 6.16 Å². The SMILES string of the molecule is CC(C)OP(=O)(CC(N)=NO)OC(C)C. The van der Waals surface area contributed by atoms with Crippen LogP contribution in [0.1, 0.15) is 27.7 Å². The van der Waals surface area contributed by atoms with Crippen molar-refractivity contribution in [3.8, 4) is 0 Å². The van der Waals surface area contributed by atoms with Crippen LogP contribution in [-0.4, -0.2) is 29.4 Å². The van der Waals surface area contributed by atoms with Crippen molar-refractivity contribution in [2.75, 3.05) is 6.16 Å². The highest BCUT2D eigenvalue weighted by Crippen LogP contribution is 2.50. The summed E-state index contributed by atoms with van der Waals surface area (Å²) in [5.41, 5.74) is 5.28. The van der Waals surface area contributed by atoms with Gasteiger partial charge in [-0.05, 0) is 27.7 Å². The lowest BCUT2D eigenvalue weighted by atomic mass is 10.5. The van der Waals surface area contributed by atoms with Crippen LogP contribution in [0, 0.1) is 0 Å². The van der Waals surface area contributed by atoms with Gasteiger partial charge in [0.2, 0.25) is 0 Å². The molecule has 0 saturated carbocycles. The molecule has 0 saturated heterocycles. The molecule has 0 heterocycles. The van der Waals surface area contributed by atoms with Gasteiger partial charge in [0, 0.05) is 0 Å². The average molecular weight is 238 g/mol. The minimum absolute atomic E-state index is 0.167. The summed E-state index contributed by atoms with van der Waals surface area (Å²) in [5.74, 6) is -0.167. The molecule has 0 unspecified atom stereocenters. The third-order valence-electron chi connectivity index (χ3n) is 1.23. The molecule has 90 valence electrons. The second kappa shape index (κ2) is 6.10. The molecular weight excluding hydrogens is 219 g/mol. The molecule has 0 bridgehead atoms. The van der Waals surface area contributed by atoms with E-state index >= 15 is 0 Å². The summed E-state index contributed by atoms with van der Waals surface area (Å²) >= 11 is 0. The third kappa shape index (κ3) is 6.49. The Labute approximate surface area is 90.0 Å². The molecule has 0 aliphatic heterocycles. The molecule has 15 heavy (non-hydrogen) atoms. The highest BCUT2D eigenvalue weighted by molar-refractivity contribution is 7.54. The van der Waals surface area contributed by atoms with E-state index in [4.69, 9.17) is 20.0 Å². The van der Waals surface area contributed by atoms with Crippen molar-refractivity contribution in [1.82, 2.24) is 0 Å². The smallest absolute Gasteiger partial charge is 0.338 e. The first-order valence-electron chi connectivity index (χ1n) is 4.71. The molecule has 0 aromatic rings. The minimum Gasteiger partial charge on any atom is -0.409 e. The van der Waals surface area contributed by atoms with Crippen molar-refractivity contribution in [2.45, 2.75) is 39.9 Å². The maximum Gasteiger partial charge on any atom is 0.338 e. The second-order valence-electron chi connectivity index (χ2n) is 3.67. The van der Waals surface area contributed by atoms with E-state index < -0.39 is 7.60 Å². The number of hydrogen-bond acceptors (Lipinski definition) is 5. The maximum absolute atomic E-state index is 12.1. The van der Waals surface area contributed by atoms with E-state index in [2.05, 4.69) is 5.16 Å². The van der Waals surface area contributed by atoms with Crippen LogP contribution in [0.2, 0.25) is 0 Å². The van der Waals surface area contributed by atoms with E-state index in [0.29, 0.717) is 0 Å². The van der Waals surface area contributed by atoms with E-state index in [1.807, 2.05) is 0 Å². The predicted molar refractivity (Wildman–Crippen MR) is 58.3 cm³/mol. The van der Waals surface area contributed by atoms with Crippen LogP contribution >= 0.6 is 7.60 Å². The van der Waals surface area contributed by atoms with Crippen LogP contribution < -0.4 is 5.73 Å². The number of oxime groups is 1. The van der Waals surface area contributed by atoms with Crippen molar-refractivity contribution in [1.29, 1.82) is 0 Å². The van der Waals surface area contributed by atoms with Crippen LogP contribution in [0.5, 0.6) is 0 Å². The number of rotatable bonds is 6. The number of hydrogen-bond donors (Lipinski definition) is 2. The molecule has 0 aliphatic carbocycles. The van der Waals surface area contributed by atoms with Gasteiger partial charge < -0.3 is 20.0 Å². The quantitative estimate of drug-likeness (QED) is 0.242. The van der Waals surface area contributed by atoms with Crippen LogP contribution in [0.25, 0.3) is 0 Å². The Kier molecular flexibility index (Phi) is 5.87. The van der Waals surface area contributed by atoms with Gasteiger partial charge in [-0.2, -0.15) is 0 Å². The lowest BCUT2D eigenvalue weighted by molar-refractivity contribution is 0.144. The molecule has 0 aromatic carbocycles. The Morgan fingerprint density at radius 1 is 1.33 bits per heavy atom. The van der Waals surface area contributed by atoms with Gasteiger partial charge in [-0.25, -0.2) is 0 Å². The first kappa shape index (κ1) is 14.4. The summed E-state index contributed by atoms with van der Waals surface area (Å²) in [6, 6.07) is 0. The van der Waals surface area contributed by atoms with Crippen LogP contribution in [0.3, 0.4) is 0 Å². The molecule has 0 rings (SSSR count). The van der Waals surface area contributed by atoms with E-state index in [-0.39, 0.29) is 24.2 Å². The molecule has 7 heteroatoms. The van der Waals surface area contributed by atoms with Gasteiger partial charge in [-0.3, -0.25) is 4.57 Å². The highest BCUT2D eigenvalue weighted by Gasteiger charge is 2.29. The van der Waals surface area contributed by atoms with Crippen molar-refractivity contribution >= 4 is 13.4 Å². The summed E-state index contributed by atoms with van der Waals surface area (Å²) in [5, 5.41) is 11.1. The fourth-order valence-corrected chi connectivity index (χ4v) is 2.92. The van der Waals surface area contributed by atoms with Gasteiger partial charge in [0.15, 0.2) is 5.84 Å². The van der Waals surface area contributed by atoms with E-state index in [0.717, 1.165) is 0 Å². The molecule has 3 N–H and O–H groups in total.